The highest BCUT2D eigenvalue weighted by Gasteiger charge is 2.57. The zero-order chi connectivity index (χ0) is 12.8. The molecular formula is C11H9BrN2O3S. The molecule has 0 aliphatic heterocycles. The van der Waals surface area contributed by atoms with Gasteiger partial charge in [0.1, 0.15) is 5.41 Å². The second-order valence-electron chi connectivity index (χ2n) is 4.13. The Balaban J connectivity index is 1.93. The Morgan fingerprint density at radius 2 is 2.39 bits per heavy atom. The van der Waals surface area contributed by atoms with Crippen molar-refractivity contribution in [2.75, 3.05) is 7.11 Å². The zero-order valence-corrected chi connectivity index (χ0v) is 11.9. The lowest BCUT2D eigenvalue weighted by molar-refractivity contribution is -0.144. The summed E-state index contributed by atoms with van der Waals surface area (Å²) in [4.78, 5) is 16.9. The van der Waals surface area contributed by atoms with Gasteiger partial charge < -0.3 is 9.26 Å². The number of thiophene rings is 1. The third-order valence-corrected chi connectivity index (χ3v) is 4.64. The highest BCUT2D eigenvalue weighted by molar-refractivity contribution is 9.10. The molecule has 2 aromatic heterocycles. The summed E-state index contributed by atoms with van der Waals surface area (Å²) in [7, 11) is 1.37. The quantitative estimate of drug-likeness (QED) is 0.810. The van der Waals surface area contributed by atoms with E-state index in [1.165, 1.54) is 18.4 Å². The highest BCUT2D eigenvalue weighted by atomic mass is 79.9. The molecule has 1 saturated carbocycles. The van der Waals surface area contributed by atoms with Gasteiger partial charge in [-0.15, -0.1) is 11.3 Å². The van der Waals surface area contributed by atoms with Crippen LogP contribution in [0.1, 0.15) is 18.7 Å². The lowest BCUT2D eigenvalue weighted by Crippen LogP contribution is -2.22. The fraction of sp³-hybridized carbons (Fsp3) is 0.364. The number of esters is 1. The van der Waals surface area contributed by atoms with Crippen molar-refractivity contribution in [3.05, 3.63) is 21.8 Å². The normalized spacial score (nSPS) is 16.6. The van der Waals surface area contributed by atoms with Crippen LogP contribution in [-0.4, -0.2) is 23.2 Å². The summed E-state index contributed by atoms with van der Waals surface area (Å²) in [5.41, 5.74) is -0.700. The number of nitrogens with zero attached hydrogens (tertiary/aromatic N) is 2. The lowest BCUT2D eigenvalue weighted by atomic mass is 10.1. The maximum absolute atomic E-state index is 11.7. The minimum absolute atomic E-state index is 0.301. The molecule has 0 aromatic carbocycles. The Morgan fingerprint density at radius 1 is 1.61 bits per heavy atom. The van der Waals surface area contributed by atoms with E-state index >= 15 is 0 Å². The van der Waals surface area contributed by atoms with Gasteiger partial charge in [-0.1, -0.05) is 5.16 Å². The number of carbonyl (C=O) groups excluding carboxylic acids is 1. The summed E-state index contributed by atoms with van der Waals surface area (Å²) >= 11 is 4.89. The minimum atomic E-state index is -0.700. The fourth-order valence-electron chi connectivity index (χ4n) is 1.77. The van der Waals surface area contributed by atoms with Gasteiger partial charge in [0.15, 0.2) is 0 Å². The van der Waals surface area contributed by atoms with Crippen molar-refractivity contribution in [1.82, 2.24) is 10.1 Å². The monoisotopic (exact) mass is 328 g/mol. The van der Waals surface area contributed by atoms with Gasteiger partial charge in [-0.25, -0.2) is 0 Å². The molecule has 2 aromatic rings. The molecule has 0 bridgehead atoms. The van der Waals surface area contributed by atoms with E-state index in [-0.39, 0.29) is 5.97 Å². The van der Waals surface area contributed by atoms with E-state index < -0.39 is 5.41 Å². The van der Waals surface area contributed by atoms with Crippen LogP contribution in [-0.2, 0) is 14.9 Å². The van der Waals surface area contributed by atoms with Gasteiger partial charge in [-0.3, -0.25) is 4.79 Å². The number of methoxy groups -OCH3 is 1. The molecule has 0 atom stereocenters. The van der Waals surface area contributed by atoms with Crippen LogP contribution in [0, 0.1) is 0 Å². The summed E-state index contributed by atoms with van der Waals surface area (Å²) in [5.74, 6) is 0.565. The van der Waals surface area contributed by atoms with Crippen LogP contribution in [0.2, 0.25) is 0 Å². The van der Waals surface area contributed by atoms with E-state index in [4.69, 9.17) is 9.26 Å². The molecule has 0 unspecified atom stereocenters. The molecule has 0 radical (unpaired) electrons. The maximum Gasteiger partial charge on any atom is 0.321 e. The van der Waals surface area contributed by atoms with Crippen LogP contribution < -0.4 is 0 Å². The Morgan fingerprint density at radius 3 is 2.94 bits per heavy atom. The summed E-state index contributed by atoms with van der Waals surface area (Å²) in [5, 5.41) is 5.86. The number of aromatic nitrogens is 2. The van der Waals surface area contributed by atoms with Gasteiger partial charge in [0, 0.05) is 9.85 Å². The van der Waals surface area contributed by atoms with Gasteiger partial charge in [-0.05, 0) is 34.8 Å². The van der Waals surface area contributed by atoms with E-state index in [2.05, 4.69) is 26.1 Å². The first-order valence-corrected chi connectivity index (χ1v) is 7.00. The number of ether oxygens (including phenoxy) is 1. The standard InChI is InChI=1S/C11H9BrN2O3S/c1-16-10(15)11(2-3-11)9-13-8(14-17-9)7-4-6(12)5-18-7/h4-5H,2-3H2,1H3. The molecule has 1 aliphatic carbocycles. The zero-order valence-electron chi connectivity index (χ0n) is 9.47. The molecule has 0 amide bonds. The van der Waals surface area contributed by atoms with Gasteiger partial charge in [0.05, 0.1) is 12.0 Å². The average molecular weight is 329 g/mol. The van der Waals surface area contributed by atoms with Gasteiger partial charge in [0.25, 0.3) is 0 Å². The Hall–Kier alpha value is -1.21. The van der Waals surface area contributed by atoms with Crippen LogP contribution in [0.25, 0.3) is 10.7 Å². The summed E-state index contributed by atoms with van der Waals surface area (Å²) in [6.45, 7) is 0. The largest absolute Gasteiger partial charge is 0.468 e. The van der Waals surface area contributed by atoms with Crippen molar-refractivity contribution in [2.45, 2.75) is 18.3 Å². The van der Waals surface area contributed by atoms with Crippen LogP contribution in [0.15, 0.2) is 20.4 Å². The average Bonchev–Trinajstić information content (AvgIpc) is 2.84. The van der Waals surface area contributed by atoms with Crippen molar-refractivity contribution in [1.29, 1.82) is 0 Å². The minimum Gasteiger partial charge on any atom is -0.468 e. The fourth-order valence-corrected chi connectivity index (χ4v) is 3.13. The first-order valence-electron chi connectivity index (χ1n) is 5.33. The molecular weight excluding hydrogens is 320 g/mol. The topological polar surface area (TPSA) is 65.2 Å². The van der Waals surface area contributed by atoms with Gasteiger partial charge in [-0.2, -0.15) is 4.98 Å². The highest BCUT2D eigenvalue weighted by Crippen LogP contribution is 2.48. The number of carbonyl (C=O) groups is 1. The predicted octanol–water partition coefficient (Wildman–Crippen LogP) is 2.77. The summed E-state index contributed by atoms with van der Waals surface area (Å²) in [6, 6.07) is 1.91. The number of halogens is 1. The molecule has 2 heterocycles. The summed E-state index contributed by atoms with van der Waals surface area (Å²) in [6.07, 6.45) is 1.41. The van der Waals surface area contributed by atoms with Crippen LogP contribution >= 0.6 is 27.3 Å². The van der Waals surface area contributed by atoms with Gasteiger partial charge >= 0.3 is 5.97 Å². The molecule has 7 heteroatoms. The number of rotatable bonds is 3. The molecule has 94 valence electrons. The maximum atomic E-state index is 11.7. The second-order valence-corrected chi connectivity index (χ2v) is 5.95. The molecule has 1 aliphatic rings. The van der Waals surface area contributed by atoms with E-state index in [9.17, 15) is 4.79 Å². The Labute approximate surface area is 115 Å². The molecule has 0 spiro atoms. The second kappa shape index (κ2) is 4.17. The Kier molecular flexibility index (Phi) is 2.74. The molecule has 0 saturated heterocycles. The van der Waals surface area contributed by atoms with E-state index in [1.54, 1.807) is 0 Å². The molecule has 1 fully saturated rings. The van der Waals surface area contributed by atoms with Crippen LogP contribution in [0.5, 0.6) is 0 Å². The Bertz CT molecular complexity index is 603. The van der Waals surface area contributed by atoms with Crippen molar-refractivity contribution in [3.8, 4) is 10.7 Å². The molecule has 0 N–H and O–H groups in total. The first kappa shape index (κ1) is 11.9. The number of hydrogen-bond donors (Lipinski definition) is 0. The van der Waals surface area contributed by atoms with E-state index in [1.807, 2.05) is 11.4 Å². The third kappa shape index (κ3) is 1.78. The first-order chi connectivity index (χ1) is 8.65. The lowest BCUT2D eigenvalue weighted by Gasteiger charge is -2.05. The van der Waals surface area contributed by atoms with Crippen molar-refractivity contribution >= 4 is 33.2 Å². The van der Waals surface area contributed by atoms with Crippen LogP contribution in [0.4, 0.5) is 0 Å². The predicted molar refractivity (Wildman–Crippen MR) is 68.2 cm³/mol. The van der Waals surface area contributed by atoms with E-state index in [0.717, 1.165) is 9.35 Å². The van der Waals surface area contributed by atoms with Crippen molar-refractivity contribution in [3.63, 3.8) is 0 Å². The molecule has 5 nitrogen and oxygen atoms in total. The molecule has 18 heavy (non-hydrogen) atoms. The van der Waals surface area contributed by atoms with Crippen LogP contribution in [0.3, 0.4) is 0 Å². The van der Waals surface area contributed by atoms with Crippen molar-refractivity contribution < 1.29 is 14.1 Å². The third-order valence-electron chi connectivity index (χ3n) is 2.95. The summed E-state index contributed by atoms with van der Waals surface area (Å²) < 4.78 is 11.0. The number of hydrogen-bond acceptors (Lipinski definition) is 6. The SMILES string of the molecule is COC(=O)C1(c2nc(-c3cc(Br)cs3)no2)CC1. The molecule has 3 rings (SSSR count). The smallest absolute Gasteiger partial charge is 0.321 e. The van der Waals surface area contributed by atoms with E-state index in [0.29, 0.717) is 24.6 Å². The van der Waals surface area contributed by atoms with Gasteiger partial charge in [0.2, 0.25) is 11.7 Å². The van der Waals surface area contributed by atoms with Crippen molar-refractivity contribution in [2.24, 2.45) is 0 Å².